The number of aromatic nitrogens is 2. The van der Waals surface area contributed by atoms with Gasteiger partial charge in [0.15, 0.2) is 5.78 Å². The van der Waals surface area contributed by atoms with Gasteiger partial charge in [-0.25, -0.2) is 4.98 Å². The van der Waals surface area contributed by atoms with Crippen LogP contribution in [0.3, 0.4) is 0 Å². The van der Waals surface area contributed by atoms with Gasteiger partial charge in [-0.15, -0.1) is 0 Å². The van der Waals surface area contributed by atoms with Gasteiger partial charge >= 0.3 is 0 Å². The highest BCUT2D eigenvalue weighted by atomic mass is 127. The van der Waals surface area contributed by atoms with Crippen LogP contribution in [0.15, 0.2) is 43.0 Å². The topological polar surface area (TPSA) is 34.9 Å². The number of benzene rings is 1. The SMILES string of the molecule is O=C(Cn1ccnc1)c1ccccc1I. The molecule has 1 aromatic heterocycles. The fourth-order valence-corrected chi connectivity index (χ4v) is 2.01. The molecular formula is C11H9IN2O. The maximum atomic E-state index is 11.9. The molecule has 0 aliphatic carbocycles. The molecule has 0 atom stereocenters. The normalized spacial score (nSPS) is 10.2. The smallest absolute Gasteiger partial charge is 0.183 e. The molecule has 0 aliphatic heterocycles. The Hall–Kier alpha value is -1.17. The maximum Gasteiger partial charge on any atom is 0.183 e. The number of nitrogens with zero attached hydrogens (tertiary/aromatic N) is 2. The molecule has 0 radical (unpaired) electrons. The second-order valence-corrected chi connectivity index (χ2v) is 4.30. The number of ketones is 1. The first-order chi connectivity index (χ1) is 7.27. The standard InChI is InChI=1S/C11H9IN2O/c12-10-4-2-1-3-9(10)11(15)7-14-6-5-13-8-14/h1-6,8H,7H2. The molecule has 0 spiro atoms. The molecule has 1 heterocycles. The van der Waals surface area contributed by atoms with Gasteiger partial charge in [-0.3, -0.25) is 4.79 Å². The third-order valence-electron chi connectivity index (χ3n) is 2.06. The molecule has 15 heavy (non-hydrogen) atoms. The highest BCUT2D eigenvalue weighted by Crippen LogP contribution is 2.12. The van der Waals surface area contributed by atoms with Crippen LogP contribution < -0.4 is 0 Å². The summed E-state index contributed by atoms with van der Waals surface area (Å²) < 4.78 is 2.76. The largest absolute Gasteiger partial charge is 0.330 e. The van der Waals surface area contributed by atoms with Crippen LogP contribution in [0.4, 0.5) is 0 Å². The Morgan fingerprint density at radius 2 is 2.20 bits per heavy atom. The third kappa shape index (κ3) is 2.44. The summed E-state index contributed by atoms with van der Waals surface area (Å²) in [5.74, 6) is 0.109. The Balaban J connectivity index is 2.19. The molecular weight excluding hydrogens is 303 g/mol. The molecule has 2 rings (SSSR count). The number of rotatable bonds is 3. The molecule has 4 heteroatoms. The number of carbonyl (C=O) groups excluding carboxylic acids is 1. The van der Waals surface area contributed by atoms with E-state index in [-0.39, 0.29) is 5.78 Å². The summed E-state index contributed by atoms with van der Waals surface area (Å²) in [5.41, 5.74) is 0.770. The van der Waals surface area contributed by atoms with Crippen LogP contribution in [0.25, 0.3) is 0 Å². The summed E-state index contributed by atoms with van der Waals surface area (Å²) in [7, 11) is 0. The Labute approximate surface area is 101 Å². The van der Waals surface area contributed by atoms with Crippen molar-refractivity contribution in [3.05, 3.63) is 52.1 Å². The predicted octanol–water partition coefficient (Wildman–Crippen LogP) is 2.37. The Morgan fingerprint density at radius 1 is 1.40 bits per heavy atom. The quantitative estimate of drug-likeness (QED) is 0.644. The van der Waals surface area contributed by atoms with E-state index in [2.05, 4.69) is 27.6 Å². The number of hydrogen-bond acceptors (Lipinski definition) is 2. The van der Waals surface area contributed by atoms with Crippen molar-refractivity contribution in [2.75, 3.05) is 0 Å². The van der Waals surface area contributed by atoms with Gasteiger partial charge in [-0.2, -0.15) is 0 Å². The summed E-state index contributed by atoms with van der Waals surface area (Å²) in [4.78, 5) is 15.8. The molecule has 0 saturated carbocycles. The molecule has 0 aliphatic rings. The van der Waals surface area contributed by atoms with Crippen LogP contribution >= 0.6 is 22.6 Å². The van der Waals surface area contributed by atoms with Crippen LogP contribution in [0.1, 0.15) is 10.4 Å². The van der Waals surface area contributed by atoms with Crippen molar-refractivity contribution >= 4 is 28.4 Å². The van der Waals surface area contributed by atoms with Crippen LogP contribution in [0.2, 0.25) is 0 Å². The molecule has 3 nitrogen and oxygen atoms in total. The number of imidazole rings is 1. The van der Waals surface area contributed by atoms with E-state index in [9.17, 15) is 4.79 Å². The molecule has 0 saturated heterocycles. The van der Waals surface area contributed by atoms with Crippen molar-refractivity contribution in [2.24, 2.45) is 0 Å². The van der Waals surface area contributed by atoms with E-state index in [1.807, 2.05) is 24.3 Å². The van der Waals surface area contributed by atoms with Gasteiger partial charge in [0, 0.05) is 21.5 Å². The molecule has 1 aromatic carbocycles. The van der Waals surface area contributed by atoms with Crippen molar-refractivity contribution < 1.29 is 4.79 Å². The molecule has 76 valence electrons. The van der Waals surface area contributed by atoms with E-state index >= 15 is 0 Å². The molecule has 0 N–H and O–H groups in total. The van der Waals surface area contributed by atoms with Gasteiger partial charge in [0.1, 0.15) is 0 Å². The minimum atomic E-state index is 0.109. The zero-order valence-corrected chi connectivity index (χ0v) is 10.1. The summed E-state index contributed by atoms with van der Waals surface area (Å²) in [6.45, 7) is 0.347. The van der Waals surface area contributed by atoms with E-state index in [1.54, 1.807) is 23.3 Å². The highest BCUT2D eigenvalue weighted by Gasteiger charge is 2.09. The van der Waals surface area contributed by atoms with Crippen LogP contribution in [0, 0.1) is 3.57 Å². The van der Waals surface area contributed by atoms with E-state index in [0.717, 1.165) is 9.13 Å². The van der Waals surface area contributed by atoms with Gasteiger partial charge in [0.25, 0.3) is 0 Å². The Bertz CT molecular complexity index is 465. The summed E-state index contributed by atoms with van der Waals surface area (Å²) in [6, 6.07) is 7.59. The van der Waals surface area contributed by atoms with Gasteiger partial charge in [0.05, 0.1) is 12.9 Å². The minimum Gasteiger partial charge on any atom is -0.330 e. The van der Waals surface area contributed by atoms with Crippen molar-refractivity contribution in [1.82, 2.24) is 9.55 Å². The van der Waals surface area contributed by atoms with Crippen molar-refractivity contribution in [1.29, 1.82) is 0 Å². The van der Waals surface area contributed by atoms with Gasteiger partial charge in [0.2, 0.25) is 0 Å². The van der Waals surface area contributed by atoms with Crippen LogP contribution in [-0.4, -0.2) is 15.3 Å². The lowest BCUT2D eigenvalue weighted by molar-refractivity contribution is 0.0971. The van der Waals surface area contributed by atoms with E-state index in [0.29, 0.717) is 6.54 Å². The lowest BCUT2D eigenvalue weighted by atomic mass is 10.1. The second kappa shape index (κ2) is 4.57. The third-order valence-corrected chi connectivity index (χ3v) is 3.00. The number of Topliss-reactive ketones (excluding diaryl/α,β-unsaturated/α-hetero) is 1. The summed E-state index contributed by atoms with van der Waals surface area (Å²) >= 11 is 2.17. The first-order valence-electron chi connectivity index (χ1n) is 4.51. The van der Waals surface area contributed by atoms with Gasteiger partial charge in [-0.1, -0.05) is 18.2 Å². The maximum absolute atomic E-state index is 11.9. The fourth-order valence-electron chi connectivity index (χ4n) is 1.32. The molecule has 0 fully saturated rings. The highest BCUT2D eigenvalue weighted by molar-refractivity contribution is 14.1. The average Bonchev–Trinajstić information content (AvgIpc) is 2.71. The van der Waals surface area contributed by atoms with Crippen molar-refractivity contribution in [3.8, 4) is 0 Å². The molecule has 0 unspecified atom stereocenters. The van der Waals surface area contributed by atoms with Crippen molar-refractivity contribution in [3.63, 3.8) is 0 Å². The van der Waals surface area contributed by atoms with Crippen molar-refractivity contribution in [2.45, 2.75) is 6.54 Å². The molecule has 0 bridgehead atoms. The van der Waals surface area contributed by atoms with E-state index in [1.165, 1.54) is 0 Å². The first kappa shape index (κ1) is 10.4. The Kier molecular flexibility index (Phi) is 3.15. The van der Waals surface area contributed by atoms with Gasteiger partial charge < -0.3 is 4.57 Å². The minimum absolute atomic E-state index is 0.109. The lowest BCUT2D eigenvalue weighted by Crippen LogP contribution is -2.10. The van der Waals surface area contributed by atoms with E-state index in [4.69, 9.17) is 0 Å². The monoisotopic (exact) mass is 312 g/mol. The summed E-state index contributed by atoms with van der Waals surface area (Å²) in [5, 5.41) is 0. The Morgan fingerprint density at radius 3 is 2.87 bits per heavy atom. The van der Waals surface area contributed by atoms with E-state index < -0.39 is 0 Å². The number of hydrogen-bond donors (Lipinski definition) is 0. The number of carbonyl (C=O) groups is 1. The zero-order valence-electron chi connectivity index (χ0n) is 7.93. The van der Waals surface area contributed by atoms with Crippen LogP contribution in [-0.2, 0) is 6.54 Å². The van der Waals surface area contributed by atoms with Gasteiger partial charge in [-0.05, 0) is 28.7 Å². The molecule has 2 aromatic rings. The van der Waals surface area contributed by atoms with Crippen LogP contribution in [0.5, 0.6) is 0 Å². The predicted molar refractivity (Wildman–Crippen MR) is 65.7 cm³/mol. The second-order valence-electron chi connectivity index (χ2n) is 3.14. The average molecular weight is 312 g/mol. The molecule has 0 amide bonds. The lowest BCUT2D eigenvalue weighted by Gasteiger charge is -2.03. The fraction of sp³-hybridized carbons (Fsp3) is 0.0909. The zero-order chi connectivity index (χ0) is 10.7. The first-order valence-corrected chi connectivity index (χ1v) is 5.59. The summed E-state index contributed by atoms with van der Waals surface area (Å²) in [6.07, 6.45) is 5.10. The number of halogens is 1.